The van der Waals surface area contributed by atoms with E-state index in [-0.39, 0.29) is 5.82 Å². The topological polar surface area (TPSA) is 20.3 Å². The number of likely N-dealkylation sites (tertiary alicyclic amines) is 1. The largest absolute Gasteiger partial charge is 0.303 e. The van der Waals surface area contributed by atoms with Crippen LogP contribution >= 0.6 is 0 Å². The van der Waals surface area contributed by atoms with E-state index in [0.29, 0.717) is 11.8 Å². The summed E-state index contributed by atoms with van der Waals surface area (Å²) in [6.07, 6.45) is 6.10. The van der Waals surface area contributed by atoms with Crippen molar-refractivity contribution in [2.45, 2.75) is 32.6 Å². The van der Waals surface area contributed by atoms with Crippen LogP contribution in [0.15, 0.2) is 30.3 Å². The molecule has 0 unspecified atom stereocenters. The van der Waals surface area contributed by atoms with Gasteiger partial charge < -0.3 is 4.90 Å². The van der Waals surface area contributed by atoms with Crippen LogP contribution in [0.25, 0.3) is 0 Å². The molecule has 0 amide bonds. The maximum absolute atomic E-state index is 12.8. The van der Waals surface area contributed by atoms with Crippen LogP contribution in [0.1, 0.15) is 31.7 Å². The first kappa shape index (κ1) is 15.9. The van der Waals surface area contributed by atoms with Crippen molar-refractivity contribution in [2.24, 2.45) is 11.8 Å². The Morgan fingerprint density at radius 3 is 2.81 bits per heavy atom. The molecule has 1 fully saturated rings. The molecule has 0 spiro atoms. The summed E-state index contributed by atoms with van der Waals surface area (Å²) in [6, 6.07) is 6.78. The van der Waals surface area contributed by atoms with E-state index < -0.39 is 0 Å². The fourth-order valence-corrected chi connectivity index (χ4v) is 2.99. The molecule has 1 aromatic rings. The molecule has 0 saturated carbocycles. The second-order valence-corrected chi connectivity index (χ2v) is 6.10. The highest BCUT2D eigenvalue weighted by Crippen LogP contribution is 2.23. The number of hydrogen-bond donors (Lipinski definition) is 0. The minimum atomic E-state index is -0.171. The molecule has 2 nitrogen and oxygen atoms in total. The minimum Gasteiger partial charge on any atom is -0.303 e. The van der Waals surface area contributed by atoms with Gasteiger partial charge in [0, 0.05) is 18.5 Å². The lowest BCUT2D eigenvalue weighted by Gasteiger charge is -2.35. The van der Waals surface area contributed by atoms with Gasteiger partial charge in [0.1, 0.15) is 11.8 Å². The van der Waals surface area contributed by atoms with Crippen LogP contribution in [-0.2, 0) is 11.2 Å². The summed E-state index contributed by atoms with van der Waals surface area (Å²) in [4.78, 5) is 13.0. The molecule has 21 heavy (non-hydrogen) atoms. The number of benzene rings is 1. The molecule has 1 aromatic carbocycles. The molecule has 1 saturated heterocycles. The Balaban J connectivity index is 1.68. The molecule has 0 radical (unpaired) electrons. The summed E-state index contributed by atoms with van der Waals surface area (Å²) in [5, 5.41) is 0. The fourth-order valence-electron chi connectivity index (χ4n) is 2.99. The van der Waals surface area contributed by atoms with E-state index >= 15 is 0 Å². The van der Waals surface area contributed by atoms with Gasteiger partial charge in [-0.1, -0.05) is 19.1 Å². The van der Waals surface area contributed by atoms with Crippen LogP contribution in [0, 0.1) is 17.7 Å². The Labute approximate surface area is 126 Å². The number of aryl methyl sites for hydroxylation is 1. The molecule has 2 rings (SSSR count). The van der Waals surface area contributed by atoms with Gasteiger partial charge in [-0.2, -0.15) is 0 Å². The van der Waals surface area contributed by atoms with Crippen molar-refractivity contribution >= 4 is 5.94 Å². The molecule has 114 valence electrons. The molecule has 1 heterocycles. The molecule has 0 N–H and O–H groups in total. The summed E-state index contributed by atoms with van der Waals surface area (Å²) < 4.78 is 12.8. The third-order valence-electron chi connectivity index (χ3n) is 4.49. The molecule has 0 aliphatic carbocycles. The third kappa shape index (κ3) is 5.11. The van der Waals surface area contributed by atoms with Crippen LogP contribution in [0.3, 0.4) is 0 Å². The first-order chi connectivity index (χ1) is 10.2. The van der Waals surface area contributed by atoms with E-state index in [1.54, 1.807) is 6.08 Å². The Bertz CT molecular complexity index is 478. The molecule has 1 aliphatic rings. The van der Waals surface area contributed by atoms with Crippen LogP contribution in [0.5, 0.6) is 0 Å². The number of carbonyl (C=O) groups excluding carboxylic acids is 1. The highest BCUT2D eigenvalue weighted by Gasteiger charge is 2.24. The predicted molar refractivity (Wildman–Crippen MR) is 83.3 cm³/mol. The van der Waals surface area contributed by atoms with Gasteiger partial charge in [-0.25, -0.2) is 9.18 Å². The van der Waals surface area contributed by atoms with Crippen molar-refractivity contribution in [1.29, 1.82) is 0 Å². The monoisotopic (exact) mass is 289 g/mol. The lowest BCUT2D eigenvalue weighted by molar-refractivity contribution is 0.151. The number of unbranched alkanes of at least 4 members (excludes halogenated alkanes) is 1. The van der Waals surface area contributed by atoms with Crippen molar-refractivity contribution in [1.82, 2.24) is 4.90 Å². The van der Waals surface area contributed by atoms with Gasteiger partial charge in [-0.05, 0) is 62.4 Å². The molecule has 0 bridgehead atoms. The summed E-state index contributed by atoms with van der Waals surface area (Å²) >= 11 is 0. The lowest BCUT2D eigenvalue weighted by Crippen LogP contribution is -2.39. The van der Waals surface area contributed by atoms with Gasteiger partial charge in [0.25, 0.3) is 0 Å². The average molecular weight is 289 g/mol. The molecule has 2 atom stereocenters. The van der Waals surface area contributed by atoms with E-state index in [9.17, 15) is 9.18 Å². The zero-order valence-corrected chi connectivity index (χ0v) is 12.7. The Kier molecular flexibility index (Phi) is 6.16. The van der Waals surface area contributed by atoms with Crippen molar-refractivity contribution in [2.75, 3.05) is 19.6 Å². The highest BCUT2D eigenvalue weighted by molar-refractivity contribution is 5.45. The van der Waals surface area contributed by atoms with E-state index in [2.05, 4.69) is 11.8 Å². The van der Waals surface area contributed by atoms with Crippen molar-refractivity contribution in [3.63, 3.8) is 0 Å². The predicted octanol–water partition coefficient (Wildman–Crippen LogP) is 3.49. The molecular weight excluding hydrogens is 265 g/mol. The van der Waals surface area contributed by atoms with Gasteiger partial charge in [0.2, 0.25) is 0 Å². The Morgan fingerprint density at radius 2 is 2.10 bits per heavy atom. The fraction of sp³-hybridized carbons (Fsp3) is 0.556. The third-order valence-corrected chi connectivity index (χ3v) is 4.49. The summed E-state index contributed by atoms with van der Waals surface area (Å²) in [7, 11) is 0. The van der Waals surface area contributed by atoms with Crippen LogP contribution in [-0.4, -0.2) is 30.5 Å². The first-order valence-corrected chi connectivity index (χ1v) is 7.87. The molecular formula is C18H24FNO. The van der Waals surface area contributed by atoms with Gasteiger partial charge in [-0.15, -0.1) is 0 Å². The summed E-state index contributed by atoms with van der Waals surface area (Å²) in [6.45, 7) is 5.40. The maximum Gasteiger partial charge on any atom is 0.123 e. The highest BCUT2D eigenvalue weighted by atomic mass is 19.1. The van der Waals surface area contributed by atoms with Crippen molar-refractivity contribution in [3.05, 3.63) is 41.7 Å². The van der Waals surface area contributed by atoms with E-state index in [1.807, 2.05) is 18.1 Å². The smallest absolute Gasteiger partial charge is 0.123 e. The number of nitrogens with zero attached hydrogens (tertiary/aromatic N) is 1. The molecule has 3 heteroatoms. The number of halogens is 1. The summed E-state index contributed by atoms with van der Waals surface area (Å²) in [5.41, 5.74) is 1.20. The van der Waals surface area contributed by atoms with Crippen molar-refractivity contribution < 1.29 is 9.18 Å². The van der Waals surface area contributed by atoms with Crippen LogP contribution in [0.2, 0.25) is 0 Å². The second kappa shape index (κ2) is 8.11. The van der Waals surface area contributed by atoms with Crippen molar-refractivity contribution in [3.8, 4) is 0 Å². The number of rotatable bonds is 6. The van der Waals surface area contributed by atoms with Gasteiger partial charge in [0.05, 0.1) is 0 Å². The minimum absolute atomic E-state index is 0.171. The molecule has 1 aliphatic heterocycles. The zero-order chi connectivity index (χ0) is 15.1. The van der Waals surface area contributed by atoms with Gasteiger partial charge >= 0.3 is 0 Å². The van der Waals surface area contributed by atoms with Crippen LogP contribution < -0.4 is 0 Å². The van der Waals surface area contributed by atoms with E-state index in [4.69, 9.17) is 0 Å². The van der Waals surface area contributed by atoms with E-state index in [0.717, 1.165) is 45.3 Å². The maximum atomic E-state index is 12.8. The van der Waals surface area contributed by atoms with E-state index in [1.165, 1.54) is 17.7 Å². The van der Waals surface area contributed by atoms with Gasteiger partial charge in [0.15, 0.2) is 0 Å². The standard InChI is InChI=1S/C18H24FNO/c1-15-9-12-20(14-17(15)10-13-21)11-3-2-4-16-5-7-18(19)8-6-16/h5-8,10,15,17H,2-4,9,11-12,14H2,1H3/t15-,17+/m1/s1. The van der Waals surface area contributed by atoms with Gasteiger partial charge in [-0.3, -0.25) is 0 Å². The first-order valence-electron chi connectivity index (χ1n) is 7.87. The second-order valence-electron chi connectivity index (χ2n) is 6.10. The summed E-state index contributed by atoms with van der Waals surface area (Å²) in [5.74, 6) is 2.72. The SMILES string of the molecule is C[C@@H]1CCN(CCCCc2ccc(F)cc2)C[C@@H]1C=C=O. The Morgan fingerprint density at radius 1 is 1.33 bits per heavy atom. The normalized spacial score (nSPS) is 22.8. The quantitative estimate of drug-likeness (QED) is 0.590. The average Bonchev–Trinajstić information content (AvgIpc) is 2.49. The molecule has 0 aromatic heterocycles. The number of hydrogen-bond acceptors (Lipinski definition) is 2. The Hall–Kier alpha value is -1.44. The van der Waals surface area contributed by atoms with Crippen LogP contribution in [0.4, 0.5) is 4.39 Å². The number of piperidine rings is 1. The zero-order valence-electron chi connectivity index (χ0n) is 12.7. The lowest BCUT2D eigenvalue weighted by atomic mass is 9.87.